The van der Waals surface area contributed by atoms with Crippen molar-refractivity contribution in [1.29, 1.82) is 0 Å². The predicted octanol–water partition coefficient (Wildman–Crippen LogP) is 5.79. The molecule has 2 rings (SSSR count). The van der Waals surface area contributed by atoms with Crippen LogP contribution in [0.5, 0.6) is 0 Å². The molecule has 0 unspecified atom stereocenters. The second-order valence-electron chi connectivity index (χ2n) is 7.28. The number of likely N-dealkylation sites (N-methyl/N-ethyl adjacent to an activating group) is 1. The zero-order chi connectivity index (χ0) is 18.2. The first-order valence-corrected chi connectivity index (χ1v) is 9.82. The lowest BCUT2D eigenvalue weighted by Gasteiger charge is -2.33. The molecule has 25 heavy (non-hydrogen) atoms. The summed E-state index contributed by atoms with van der Waals surface area (Å²) in [6.07, 6.45) is 10.2. The number of benzene rings is 1. The van der Waals surface area contributed by atoms with Crippen molar-refractivity contribution in [3.8, 4) is 0 Å². The molecule has 2 amide bonds. The van der Waals surface area contributed by atoms with Crippen LogP contribution in [0.2, 0.25) is 0 Å². The van der Waals surface area contributed by atoms with E-state index in [1.165, 1.54) is 37.7 Å². The molecule has 3 nitrogen and oxygen atoms in total. The molecule has 1 aliphatic rings. The minimum atomic E-state index is 0.124. The molecule has 0 aliphatic carbocycles. The molecular formula is C22H34N2O. The fraction of sp³-hybridized carbons (Fsp3) is 0.591. The van der Waals surface area contributed by atoms with Crippen LogP contribution >= 0.6 is 0 Å². The zero-order valence-corrected chi connectivity index (χ0v) is 16.2. The highest BCUT2D eigenvalue weighted by atomic mass is 16.2. The highest BCUT2D eigenvalue weighted by Gasteiger charge is 2.44. The van der Waals surface area contributed by atoms with Crippen molar-refractivity contribution in [2.75, 3.05) is 7.05 Å². The summed E-state index contributed by atoms with van der Waals surface area (Å²) < 4.78 is 0. The van der Waals surface area contributed by atoms with E-state index < -0.39 is 0 Å². The number of unbranched alkanes of at least 4 members (excludes halogenated alkanes) is 4. The van der Waals surface area contributed by atoms with E-state index in [4.69, 9.17) is 0 Å². The quantitative estimate of drug-likeness (QED) is 0.390. The summed E-state index contributed by atoms with van der Waals surface area (Å²) in [4.78, 5) is 17.0. The molecule has 0 bridgehead atoms. The molecule has 1 aromatic rings. The smallest absolute Gasteiger partial charge is 0.320 e. The van der Waals surface area contributed by atoms with E-state index in [1.54, 1.807) is 0 Å². The Morgan fingerprint density at radius 3 is 2.48 bits per heavy atom. The molecule has 3 heteroatoms. The Hall–Kier alpha value is -1.77. The Morgan fingerprint density at radius 2 is 1.84 bits per heavy atom. The summed E-state index contributed by atoms with van der Waals surface area (Å²) in [5.41, 5.74) is 1.23. The van der Waals surface area contributed by atoms with Gasteiger partial charge in [0.2, 0.25) is 0 Å². The Labute approximate surface area is 153 Å². The van der Waals surface area contributed by atoms with Crippen LogP contribution in [0.4, 0.5) is 4.79 Å². The molecule has 0 saturated carbocycles. The highest BCUT2D eigenvalue weighted by Crippen LogP contribution is 2.37. The van der Waals surface area contributed by atoms with Crippen molar-refractivity contribution in [1.82, 2.24) is 9.80 Å². The van der Waals surface area contributed by atoms with Crippen molar-refractivity contribution < 1.29 is 4.79 Å². The molecule has 1 aromatic carbocycles. The summed E-state index contributed by atoms with van der Waals surface area (Å²) in [7, 11) is 1.93. The maximum absolute atomic E-state index is 13.0. The second kappa shape index (κ2) is 9.65. The third kappa shape index (κ3) is 4.65. The van der Waals surface area contributed by atoms with E-state index in [2.05, 4.69) is 49.6 Å². The van der Waals surface area contributed by atoms with Crippen LogP contribution in [0.25, 0.3) is 0 Å². The van der Waals surface area contributed by atoms with Gasteiger partial charge in [0, 0.05) is 13.1 Å². The molecule has 0 N–H and O–H groups in total. The van der Waals surface area contributed by atoms with Crippen LogP contribution in [-0.4, -0.2) is 35.0 Å². The van der Waals surface area contributed by atoms with Gasteiger partial charge >= 0.3 is 6.03 Å². The molecule has 1 fully saturated rings. The average Bonchev–Trinajstić information content (AvgIpc) is 2.85. The van der Waals surface area contributed by atoms with Gasteiger partial charge in [-0.15, -0.1) is 6.58 Å². The molecule has 138 valence electrons. The van der Waals surface area contributed by atoms with Crippen molar-refractivity contribution >= 4 is 6.03 Å². The van der Waals surface area contributed by atoms with Gasteiger partial charge < -0.3 is 9.80 Å². The van der Waals surface area contributed by atoms with E-state index in [1.807, 2.05) is 24.1 Å². The molecule has 0 radical (unpaired) electrons. The largest absolute Gasteiger partial charge is 0.323 e. The molecular weight excluding hydrogens is 308 g/mol. The first kappa shape index (κ1) is 19.6. The van der Waals surface area contributed by atoms with Gasteiger partial charge in [-0.1, -0.05) is 75.4 Å². The van der Waals surface area contributed by atoms with E-state index >= 15 is 0 Å². The Kier molecular flexibility index (Phi) is 7.54. The number of hydrogen-bond acceptors (Lipinski definition) is 1. The highest BCUT2D eigenvalue weighted by molar-refractivity contribution is 5.78. The lowest BCUT2D eigenvalue weighted by Crippen LogP contribution is -2.39. The number of carbonyl (C=O) groups is 1. The van der Waals surface area contributed by atoms with Crippen LogP contribution in [0.3, 0.4) is 0 Å². The molecule has 1 heterocycles. The van der Waals surface area contributed by atoms with Crippen molar-refractivity contribution in [2.24, 2.45) is 0 Å². The monoisotopic (exact) mass is 342 g/mol. The van der Waals surface area contributed by atoms with Crippen LogP contribution < -0.4 is 0 Å². The Morgan fingerprint density at radius 1 is 1.16 bits per heavy atom. The number of nitrogens with zero attached hydrogens (tertiary/aromatic N) is 2. The SMILES string of the molecule is C=CC[C@@H](CCCCCCC)N1C(=O)N(C)[C@@H](C)[C@H]1c1ccccc1. The third-order valence-electron chi connectivity index (χ3n) is 5.50. The van der Waals surface area contributed by atoms with Crippen molar-refractivity contribution in [3.05, 3.63) is 48.6 Å². The lowest BCUT2D eigenvalue weighted by atomic mass is 9.96. The van der Waals surface area contributed by atoms with Gasteiger partial charge in [0.15, 0.2) is 0 Å². The minimum absolute atomic E-state index is 0.124. The minimum Gasteiger partial charge on any atom is -0.323 e. The topological polar surface area (TPSA) is 23.6 Å². The van der Waals surface area contributed by atoms with Crippen LogP contribution in [0.15, 0.2) is 43.0 Å². The van der Waals surface area contributed by atoms with Gasteiger partial charge in [0.1, 0.15) is 0 Å². The average molecular weight is 343 g/mol. The molecule has 3 atom stereocenters. The van der Waals surface area contributed by atoms with E-state index in [-0.39, 0.29) is 24.2 Å². The molecule has 0 aromatic heterocycles. The van der Waals surface area contributed by atoms with Gasteiger partial charge in [-0.3, -0.25) is 0 Å². The summed E-state index contributed by atoms with van der Waals surface area (Å²) >= 11 is 0. The third-order valence-corrected chi connectivity index (χ3v) is 5.50. The zero-order valence-electron chi connectivity index (χ0n) is 16.2. The molecule has 1 saturated heterocycles. The Bertz CT molecular complexity index is 542. The first-order valence-electron chi connectivity index (χ1n) is 9.82. The van der Waals surface area contributed by atoms with Gasteiger partial charge in [-0.05, 0) is 25.3 Å². The lowest BCUT2D eigenvalue weighted by molar-refractivity contribution is 0.161. The van der Waals surface area contributed by atoms with E-state index in [0.717, 1.165) is 12.8 Å². The van der Waals surface area contributed by atoms with Gasteiger partial charge in [0.05, 0.1) is 12.1 Å². The van der Waals surface area contributed by atoms with Gasteiger partial charge in [0.25, 0.3) is 0 Å². The standard InChI is InChI=1S/C22H34N2O/c1-5-7-8-9-13-17-20(14-6-2)24-21(18(3)23(4)22(24)25)19-15-11-10-12-16-19/h6,10-12,15-16,18,20-21H,2,5,7-9,13-14,17H2,1,3-4H3/t18-,20-,21-/m0/s1. The number of carbonyl (C=O) groups excluding carboxylic acids is 1. The summed E-state index contributed by atoms with van der Waals surface area (Å²) in [6, 6.07) is 11.2. The maximum atomic E-state index is 13.0. The number of hydrogen-bond donors (Lipinski definition) is 0. The second-order valence-corrected chi connectivity index (χ2v) is 7.28. The van der Waals surface area contributed by atoms with Gasteiger partial charge in [-0.2, -0.15) is 0 Å². The number of amides is 2. The summed E-state index contributed by atoms with van der Waals surface area (Å²) in [5, 5.41) is 0. The van der Waals surface area contributed by atoms with Crippen LogP contribution in [0.1, 0.15) is 70.4 Å². The van der Waals surface area contributed by atoms with E-state index in [0.29, 0.717) is 0 Å². The first-order chi connectivity index (χ1) is 12.1. The molecule has 0 spiro atoms. The molecule has 1 aliphatic heterocycles. The van der Waals surface area contributed by atoms with Crippen LogP contribution in [-0.2, 0) is 0 Å². The summed E-state index contributed by atoms with van der Waals surface area (Å²) in [5.74, 6) is 0. The van der Waals surface area contributed by atoms with Gasteiger partial charge in [-0.25, -0.2) is 4.79 Å². The predicted molar refractivity (Wildman–Crippen MR) is 106 cm³/mol. The number of urea groups is 1. The summed E-state index contributed by atoms with van der Waals surface area (Å²) in [6.45, 7) is 8.33. The van der Waals surface area contributed by atoms with Crippen molar-refractivity contribution in [2.45, 2.75) is 76.9 Å². The van der Waals surface area contributed by atoms with E-state index in [9.17, 15) is 4.79 Å². The fourth-order valence-corrected chi connectivity index (χ4v) is 3.94. The maximum Gasteiger partial charge on any atom is 0.320 e. The Balaban J connectivity index is 2.16. The number of rotatable bonds is 10. The fourth-order valence-electron chi connectivity index (χ4n) is 3.94. The van der Waals surface area contributed by atoms with Crippen molar-refractivity contribution in [3.63, 3.8) is 0 Å². The normalized spacial score (nSPS) is 21.6. The van der Waals surface area contributed by atoms with Crippen LogP contribution in [0, 0.1) is 0 Å².